The Morgan fingerprint density at radius 1 is 1.36 bits per heavy atom. The quantitative estimate of drug-likeness (QED) is 0.870. The van der Waals surface area contributed by atoms with Crippen LogP contribution >= 0.6 is 0 Å². The van der Waals surface area contributed by atoms with E-state index in [2.05, 4.69) is 10.2 Å². The van der Waals surface area contributed by atoms with Crippen LogP contribution in [0.1, 0.15) is 12.0 Å². The minimum atomic E-state index is -3.73. The molecule has 2 heterocycles. The fraction of sp³-hybridized carbons (Fsp3) is 0.286. The summed E-state index contributed by atoms with van der Waals surface area (Å²) in [4.78, 5) is 13.4. The zero-order valence-corrected chi connectivity index (χ0v) is 12.8. The third kappa shape index (κ3) is 2.62. The van der Waals surface area contributed by atoms with Crippen LogP contribution in [-0.4, -0.2) is 36.3 Å². The standard InChI is InChI=1S/C14H16N4O3S/c1-9-4-2-3-5-11(9)12-7-13(17-16-12)18-8-10(6-14(18)19)22(15,20)21/h2-5,7,10H,6,8H2,1H3,(H,16,17)(H2,15,20,21). The fourth-order valence-electron chi connectivity index (χ4n) is 2.58. The van der Waals surface area contributed by atoms with Crippen molar-refractivity contribution in [3.8, 4) is 11.3 Å². The number of aryl methyl sites for hydroxylation is 1. The summed E-state index contributed by atoms with van der Waals surface area (Å²) in [7, 11) is -3.73. The zero-order chi connectivity index (χ0) is 15.9. The van der Waals surface area contributed by atoms with Gasteiger partial charge in [-0.3, -0.25) is 14.8 Å². The number of sulfonamides is 1. The Labute approximate surface area is 128 Å². The number of hydrogen-bond donors (Lipinski definition) is 2. The molecule has 22 heavy (non-hydrogen) atoms. The number of H-pyrrole nitrogens is 1. The molecule has 0 aliphatic carbocycles. The lowest BCUT2D eigenvalue weighted by molar-refractivity contribution is -0.117. The summed E-state index contributed by atoms with van der Waals surface area (Å²) in [6, 6.07) is 9.53. The highest BCUT2D eigenvalue weighted by Crippen LogP contribution is 2.28. The number of nitrogens with one attached hydrogen (secondary N) is 1. The summed E-state index contributed by atoms with van der Waals surface area (Å²) >= 11 is 0. The predicted octanol–water partition coefficient (Wildman–Crippen LogP) is 0.779. The van der Waals surface area contributed by atoms with E-state index < -0.39 is 15.3 Å². The van der Waals surface area contributed by atoms with Gasteiger partial charge in [-0.05, 0) is 12.5 Å². The molecule has 0 bridgehead atoms. The Morgan fingerprint density at radius 2 is 2.09 bits per heavy atom. The van der Waals surface area contributed by atoms with Gasteiger partial charge >= 0.3 is 0 Å². The molecular formula is C14H16N4O3S. The fourth-order valence-corrected chi connectivity index (χ4v) is 3.31. The molecule has 1 aliphatic rings. The molecule has 3 rings (SSSR count). The van der Waals surface area contributed by atoms with Crippen molar-refractivity contribution in [3.63, 3.8) is 0 Å². The Morgan fingerprint density at radius 3 is 2.73 bits per heavy atom. The second kappa shape index (κ2) is 5.22. The van der Waals surface area contributed by atoms with Gasteiger partial charge in [-0.1, -0.05) is 24.3 Å². The lowest BCUT2D eigenvalue weighted by Gasteiger charge is -2.12. The molecule has 7 nitrogen and oxygen atoms in total. The maximum atomic E-state index is 12.0. The molecule has 116 valence electrons. The molecule has 2 aromatic rings. The maximum absolute atomic E-state index is 12.0. The monoisotopic (exact) mass is 320 g/mol. The Balaban J connectivity index is 1.89. The molecule has 1 atom stereocenters. The van der Waals surface area contributed by atoms with Gasteiger partial charge in [0, 0.05) is 24.6 Å². The smallest absolute Gasteiger partial charge is 0.229 e. The second-order valence-corrected chi connectivity index (χ2v) is 7.22. The predicted molar refractivity (Wildman–Crippen MR) is 82.6 cm³/mol. The van der Waals surface area contributed by atoms with Gasteiger partial charge in [0.2, 0.25) is 15.9 Å². The number of amides is 1. The van der Waals surface area contributed by atoms with Crippen LogP contribution in [-0.2, 0) is 14.8 Å². The topological polar surface area (TPSA) is 109 Å². The number of nitrogens with two attached hydrogens (primary N) is 1. The first kappa shape index (κ1) is 14.7. The Bertz CT molecular complexity index is 828. The van der Waals surface area contributed by atoms with E-state index in [-0.39, 0.29) is 18.9 Å². The van der Waals surface area contributed by atoms with E-state index >= 15 is 0 Å². The minimum Gasteiger partial charge on any atom is -0.294 e. The number of carbonyl (C=O) groups is 1. The van der Waals surface area contributed by atoms with Gasteiger partial charge in [-0.25, -0.2) is 13.6 Å². The second-order valence-electron chi connectivity index (χ2n) is 5.37. The summed E-state index contributed by atoms with van der Waals surface area (Å²) in [6.45, 7) is 2.02. The number of aromatic nitrogens is 2. The maximum Gasteiger partial charge on any atom is 0.229 e. The molecule has 1 amide bonds. The number of rotatable bonds is 3. The summed E-state index contributed by atoms with van der Waals surface area (Å²) in [5.41, 5.74) is 2.84. The number of nitrogens with zero attached hydrogens (tertiary/aromatic N) is 2. The van der Waals surface area contributed by atoms with Gasteiger partial charge in [0.25, 0.3) is 0 Å². The number of primary sulfonamides is 1. The molecule has 1 aromatic heterocycles. The lowest BCUT2D eigenvalue weighted by Crippen LogP contribution is -2.32. The third-order valence-electron chi connectivity index (χ3n) is 3.83. The zero-order valence-electron chi connectivity index (χ0n) is 12.0. The van der Waals surface area contributed by atoms with E-state index in [1.54, 1.807) is 6.07 Å². The Kier molecular flexibility index (Phi) is 3.50. The lowest BCUT2D eigenvalue weighted by atomic mass is 10.1. The van der Waals surface area contributed by atoms with Crippen LogP contribution in [0.4, 0.5) is 5.82 Å². The molecule has 8 heteroatoms. The summed E-state index contributed by atoms with van der Waals surface area (Å²) in [5.74, 6) is 0.122. The van der Waals surface area contributed by atoms with Crippen molar-refractivity contribution in [2.24, 2.45) is 5.14 Å². The first-order valence-corrected chi connectivity index (χ1v) is 8.40. The molecule has 1 saturated heterocycles. The van der Waals surface area contributed by atoms with Crippen LogP contribution in [0.5, 0.6) is 0 Å². The van der Waals surface area contributed by atoms with Crippen molar-refractivity contribution < 1.29 is 13.2 Å². The van der Waals surface area contributed by atoms with Gasteiger partial charge in [-0.2, -0.15) is 5.10 Å². The van der Waals surface area contributed by atoms with Crippen molar-refractivity contribution in [2.75, 3.05) is 11.4 Å². The van der Waals surface area contributed by atoms with Gasteiger partial charge in [0.15, 0.2) is 5.82 Å². The van der Waals surface area contributed by atoms with Gasteiger partial charge in [0.1, 0.15) is 5.25 Å². The van der Waals surface area contributed by atoms with Crippen LogP contribution in [0.25, 0.3) is 11.3 Å². The molecule has 0 spiro atoms. The normalized spacial score (nSPS) is 18.9. The van der Waals surface area contributed by atoms with Crippen LogP contribution in [0.3, 0.4) is 0 Å². The van der Waals surface area contributed by atoms with Crippen molar-refractivity contribution in [2.45, 2.75) is 18.6 Å². The van der Waals surface area contributed by atoms with Gasteiger partial charge in [-0.15, -0.1) is 0 Å². The highest BCUT2D eigenvalue weighted by atomic mass is 32.2. The molecule has 0 radical (unpaired) electrons. The van der Waals surface area contributed by atoms with Crippen LogP contribution in [0, 0.1) is 6.92 Å². The highest BCUT2D eigenvalue weighted by molar-refractivity contribution is 7.89. The van der Waals surface area contributed by atoms with Crippen LogP contribution < -0.4 is 10.0 Å². The number of aromatic amines is 1. The molecule has 1 aromatic carbocycles. The molecule has 0 saturated carbocycles. The Hall–Kier alpha value is -2.19. The molecule has 3 N–H and O–H groups in total. The largest absolute Gasteiger partial charge is 0.294 e. The van der Waals surface area contributed by atoms with Gasteiger partial charge < -0.3 is 0 Å². The first-order valence-electron chi connectivity index (χ1n) is 6.79. The number of benzene rings is 1. The van der Waals surface area contributed by atoms with E-state index in [1.807, 2.05) is 31.2 Å². The average Bonchev–Trinajstić information content (AvgIpc) is 3.05. The van der Waals surface area contributed by atoms with E-state index in [9.17, 15) is 13.2 Å². The van der Waals surface area contributed by atoms with E-state index in [4.69, 9.17) is 5.14 Å². The van der Waals surface area contributed by atoms with E-state index in [0.29, 0.717) is 5.82 Å². The molecule has 1 unspecified atom stereocenters. The van der Waals surface area contributed by atoms with E-state index in [0.717, 1.165) is 16.8 Å². The summed E-state index contributed by atoms with van der Waals surface area (Å²) in [6.07, 6.45) is -0.106. The highest BCUT2D eigenvalue weighted by Gasteiger charge is 2.38. The SMILES string of the molecule is Cc1ccccc1-c1cc(N2CC(S(N)(=O)=O)CC2=O)n[nH]1. The van der Waals surface area contributed by atoms with Gasteiger partial charge in [0.05, 0.1) is 5.69 Å². The van der Waals surface area contributed by atoms with Crippen molar-refractivity contribution in [3.05, 3.63) is 35.9 Å². The number of carbonyl (C=O) groups excluding carboxylic acids is 1. The van der Waals surface area contributed by atoms with Crippen LogP contribution in [0.2, 0.25) is 0 Å². The minimum absolute atomic E-state index is 0.0374. The average molecular weight is 320 g/mol. The molecule has 1 fully saturated rings. The summed E-state index contributed by atoms with van der Waals surface area (Å²) in [5, 5.41) is 11.3. The molecular weight excluding hydrogens is 304 g/mol. The van der Waals surface area contributed by atoms with Crippen molar-refractivity contribution in [1.82, 2.24) is 10.2 Å². The number of anilines is 1. The van der Waals surface area contributed by atoms with Crippen molar-refractivity contribution in [1.29, 1.82) is 0 Å². The molecule has 1 aliphatic heterocycles. The first-order chi connectivity index (χ1) is 10.4. The van der Waals surface area contributed by atoms with E-state index in [1.165, 1.54) is 4.90 Å². The van der Waals surface area contributed by atoms with Crippen LogP contribution in [0.15, 0.2) is 30.3 Å². The third-order valence-corrected chi connectivity index (χ3v) is 5.08. The number of hydrogen-bond acceptors (Lipinski definition) is 4. The summed E-state index contributed by atoms with van der Waals surface area (Å²) < 4.78 is 22.8. The van der Waals surface area contributed by atoms with Crippen molar-refractivity contribution >= 4 is 21.7 Å².